The van der Waals surface area contributed by atoms with E-state index in [2.05, 4.69) is 22.2 Å². The molecular weight excluding hydrogens is 230 g/mol. The summed E-state index contributed by atoms with van der Waals surface area (Å²) >= 11 is 3.20. The van der Waals surface area contributed by atoms with Gasteiger partial charge in [-0.3, -0.25) is 4.79 Å². The first-order chi connectivity index (χ1) is 6.25. The monoisotopic (exact) mass is 240 g/mol. The fourth-order valence-corrected chi connectivity index (χ4v) is 1.35. The maximum absolute atomic E-state index is 11.4. The molecule has 3 heteroatoms. The highest BCUT2D eigenvalue weighted by atomic mass is 79.9. The number of anilines is 1. The first kappa shape index (κ1) is 10.3. The summed E-state index contributed by atoms with van der Waals surface area (Å²) in [5, 5.41) is 0. The van der Waals surface area contributed by atoms with Crippen molar-refractivity contribution in [1.82, 2.24) is 0 Å². The molecule has 13 heavy (non-hydrogen) atoms. The summed E-state index contributed by atoms with van der Waals surface area (Å²) in [7, 11) is 0. The molecule has 0 aliphatic heterocycles. The third kappa shape index (κ3) is 2.84. The Morgan fingerprint density at radius 3 is 2.92 bits per heavy atom. The molecule has 0 heterocycles. The molecule has 69 valence electrons. The predicted molar refractivity (Wildman–Crippen MR) is 56.6 cm³/mol. The van der Waals surface area contributed by atoms with Gasteiger partial charge in [0.1, 0.15) is 0 Å². The Morgan fingerprint density at radius 2 is 2.38 bits per heavy atom. The van der Waals surface area contributed by atoms with Crippen LogP contribution in [0.3, 0.4) is 0 Å². The first-order valence-electron chi connectivity index (χ1n) is 4.21. The zero-order valence-electron chi connectivity index (χ0n) is 7.46. The summed E-state index contributed by atoms with van der Waals surface area (Å²) in [6.07, 6.45) is 1.40. The van der Waals surface area contributed by atoms with E-state index in [9.17, 15) is 4.79 Å². The van der Waals surface area contributed by atoms with Crippen molar-refractivity contribution in [2.45, 2.75) is 19.8 Å². The highest BCUT2D eigenvalue weighted by molar-refractivity contribution is 9.10. The average Bonchev–Trinajstić information content (AvgIpc) is 2.18. The molecule has 1 amide bonds. The second-order valence-corrected chi connectivity index (χ2v) is 3.38. The van der Waals surface area contributed by atoms with Gasteiger partial charge in [0.05, 0.1) is 21.8 Å². The Bertz CT molecular complexity index is 274. The van der Waals surface area contributed by atoms with E-state index in [-0.39, 0.29) is 5.91 Å². The third-order valence-corrected chi connectivity index (χ3v) is 2.36. The largest absolute Gasteiger partial charge is 0.274 e. The van der Waals surface area contributed by atoms with Gasteiger partial charge in [-0.05, 0) is 12.5 Å². The Kier molecular flexibility index (Phi) is 3.96. The molecule has 0 spiro atoms. The van der Waals surface area contributed by atoms with Crippen LogP contribution in [0.4, 0.5) is 5.69 Å². The highest BCUT2D eigenvalue weighted by Crippen LogP contribution is 2.17. The lowest BCUT2D eigenvalue weighted by atomic mass is 10.3. The normalized spacial score (nSPS) is 9.69. The van der Waals surface area contributed by atoms with Crippen molar-refractivity contribution in [3.05, 3.63) is 30.3 Å². The van der Waals surface area contributed by atoms with Crippen LogP contribution in [-0.2, 0) is 4.79 Å². The standard InChI is InChI=1S/C10H11BrNO/c1-2-6-10(13)12(11)9-7-4-3-5-8-9/h3-5,7H,2,6H2,1H3. The summed E-state index contributed by atoms with van der Waals surface area (Å²) in [4.78, 5) is 11.4. The van der Waals surface area contributed by atoms with Crippen molar-refractivity contribution in [3.63, 3.8) is 0 Å². The van der Waals surface area contributed by atoms with Crippen molar-refractivity contribution < 1.29 is 4.79 Å². The Hall–Kier alpha value is -0.830. The van der Waals surface area contributed by atoms with Crippen molar-refractivity contribution in [2.75, 3.05) is 3.93 Å². The number of para-hydroxylation sites is 1. The molecule has 0 aromatic heterocycles. The summed E-state index contributed by atoms with van der Waals surface area (Å²) in [6.45, 7) is 1.98. The number of carbonyl (C=O) groups excluding carboxylic acids is 1. The molecule has 0 saturated carbocycles. The molecule has 0 fully saturated rings. The van der Waals surface area contributed by atoms with Crippen LogP contribution >= 0.6 is 16.1 Å². The quantitative estimate of drug-likeness (QED) is 0.745. The van der Waals surface area contributed by atoms with Crippen LogP contribution in [0, 0.1) is 6.07 Å². The number of hydrogen-bond donors (Lipinski definition) is 0. The van der Waals surface area contributed by atoms with Gasteiger partial charge in [-0.2, -0.15) is 0 Å². The third-order valence-electron chi connectivity index (χ3n) is 1.59. The smallest absolute Gasteiger partial charge is 0.237 e. The van der Waals surface area contributed by atoms with Gasteiger partial charge in [0.15, 0.2) is 0 Å². The van der Waals surface area contributed by atoms with E-state index in [1.54, 1.807) is 6.07 Å². The lowest BCUT2D eigenvalue weighted by molar-refractivity contribution is -0.117. The van der Waals surface area contributed by atoms with Gasteiger partial charge in [-0.25, -0.2) is 3.93 Å². The van der Waals surface area contributed by atoms with Crippen molar-refractivity contribution in [2.24, 2.45) is 0 Å². The van der Waals surface area contributed by atoms with E-state index in [0.29, 0.717) is 6.42 Å². The summed E-state index contributed by atoms with van der Waals surface area (Å²) in [6, 6.07) is 10.3. The average molecular weight is 241 g/mol. The van der Waals surface area contributed by atoms with Gasteiger partial charge in [0.25, 0.3) is 0 Å². The van der Waals surface area contributed by atoms with Crippen LogP contribution in [0.1, 0.15) is 19.8 Å². The van der Waals surface area contributed by atoms with Gasteiger partial charge in [-0.15, -0.1) is 0 Å². The fourth-order valence-electron chi connectivity index (χ4n) is 0.952. The minimum absolute atomic E-state index is 0.0601. The Balaban J connectivity index is 2.68. The number of benzene rings is 1. The highest BCUT2D eigenvalue weighted by Gasteiger charge is 2.10. The van der Waals surface area contributed by atoms with E-state index < -0.39 is 0 Å². The molecule has 0 atom stereocenters. The number of amides is 1. The van der Waals surface area contributed by atoms with Crippen LogP contribution < -0.4 is 3.93 Å². The Morgan fingerprint density at radius 1 is 1.62 bits per heavy atom. The summed E-state index contributed by atoms with van der Waals surface area (Å²) in [5.74, 6) is 0.0601. The first-order valence-corrected chi connectivity index (χ1v) is 4.92. The maximum Gasteiger partial charge on any atom is 0.237 e. The summed E-state index contributed by atoms with van der Waals surface area (Å²) in [5.41, 5.74) is 0.751. The lowest BCUT2D eigenvalue weighted by Crippen LogP contribution is -2.19. The molecule has 0 bridgehead atoms. The molecule has 1 radical (unpaired) electrons. The van der Waals surface area contributed by atoms with Gasteiger partial charge < -0.3 is 0 Å². The molecule has 0 saturated heterocycles. The summed E-state index contributed by atoms with van der Waals surface area (Å²) < 4.78 is 1.45. The minimum Gasteiger partial charge on any atom is -0.274 e. The number of nitrogens with zero attached hydrogens (tertiary/aromatic N) is 1. The minimum atomic E-state index is 0.0601. The topological polar surface area (TPSA) is 20.3 Å². The van der Waals surface area contributed by atoms with Crippen LogP contribution in [0.2, 0.25) is 0 Å². The molecule has 0 unspecified atom stereocenters. The van der Waals surface area contributed by atoms with E-state index in [1.807, 2.05) is 25.1 Å². The fraction of sp³-hybridized carbons (Fsp3) is 0.300. The van der Waals surface area contributed by atoms with Gasteiger partial charge in [-0.1, -0.05) is 25.1 Å². The zero-order chi connectivity index (χ0) is 9.68. The lowest BCUT2D eigenvalue weighted by Gasteiger charge is -2.12. The molecular formula is C10H11BrNO. The second kappa shape index (κ2) is 5.02. The molecule has 1 aromatic carbocycles. The predicted octanol–water partition coefficient (Wildman–Crippen LogP) is 2.93. The Labute approximate surface area is 86.9 Å². The van der Waals surface area contributed by atoms with Crippen LogP contribution in [0.25, 0.3) is 0 Å². The van der Waals surface area contributed by atoms with Gasteiger partial charge >= 0.3 is 0 Å². The van der Waals surface area contributed by atoms with Gasteiger partial charge in [0, 0.05) is 12.5 Å². The maximum atomic E-state index is 11.4. The van der Waals surface area contributed by atoms with Crippen molar-refractivity contribution >= 4 is 27.7 Å². The van der Waals surface area contributed by atoms with Crippen LogP contribution in [-0.4, -0.2) is 5.91 Å². The second-order valence-electron chi connectivity index (χ2n) is 2.67. The SMILES string of the molecule is CCCC(=O)N(Br)c1[c]cccc1. The number of carbonyl (C=O) groups is 1. The van der Waals surface area contributed by atoms with Crippen LogP contribution in [0.15, 0.2) is 24.3 Å². The molecule has 0 aliphatic rings. The molecule has 0 aliphatic carbocycles. The van der Waals surface area contributed by atoms with Crippen LogP contribution in [0.5, 0.6) is 0 Å². The number of rotatable bonds is 3. The molecule has 2 nitrogen and oxygen atoms in total. The van der Waals surface area contributed by atoms with E-state index in [4.69, 9.17) is 0 Å². The van der Waals surface area contributed by atoms with E-state index in [1.165, 1.54) is 3.93 Å². The van der Waals surface area contributed by atoms with Crippen molar-refractivity contribution in [3.8, 4) is 0 Å². The van der Waals surface area contributed by atoms with Gasteiger partial charge in [0.2, 0.25) is 5.91 Å². The number of hydrogen-bond acceptors (Lipinski definition) is 1. The molecule has 0 N–H and O–H groups in total. The van der Waals surface area contributed by atoms with E-state index in [0.717, 1.165) is 12.1 Å². The van der Waals surface area contributed by atoms with E-state index >= 15 is 0 Å². The number of halogens is 1. The zero-order valence-corrected chi connectivity index (χ0v) is 9.04. The van der Waals surface area contributed by atoms with Crippen molar-refractivity contribution in [1.29, 1.82) is 0 Å². The molecule has 1 rings (SSSR count). The molecule has 1 aromatic rings.